The third-order valence-electron chi connectivity index (χ3n) is 8.38. The Morgan fingerprint density at radius 2 is 1.85 bits per heavy atom. The van der Waals surface area contributed by atoms with E-state index in [1.165, 1.54) is 0 Å². The van der Waals surface area contributed by atoms with Crippen LogP contribution in [0, 0.1) is 17.8 Å². The summed E-state index contributed by atoms with van der Waals surface area (Å²) in [4.78, 5) is 70.8. The zero-order valence-corrected chi connectivity index (χ0v) is 22.5. The molecule has 5 rings (SSSR count). The van der Waals surface area contributed by atoms with E-state index in [0.717, 1.165) is 36.6 Å². The second-order valence-corrected chi connectivity index (χ2v) is 11.4. The first kappa shape index (κ1) is 26.9. The maximum atomic E-state index is 13.9. The molecular formula is C29H37N5O5. The molecular weight excluding hydrogens is 498 g/mol. The van der Waals surface area contributed by atoms with Gasteiger partial charge in [0.1, 0.15) is 11.7 Å². The second kappa shape index (κ2) is 11.2. The number of carbonyl (C=O) groups excluding carboxylic acids is 5. The largest absolute Gasteiger partial charge is 0.356 e. The number of carbonyl (C=O) groups is 5. The predicted molar refractivity (Wildman–Crippen MR) is 145 cm³/mol. The number of para-hydroxylation sites is 1. The van der Waals surface area contributed by atoms with Crippen LogP contribution < -0.4 is 16.0 Å². The second-order valence-electron chi connectivity index (χ2n) is 11.4. The van der Waals surface area contributed by atoms with Gasteiger partial charge in [0.2, 0.25) is 17.6 Å². The molecule has 2 aliphatic heterocycles. The average molecular weight is 536 g/mol. The van der Waals surface area contributed by atoms with Crippen molar-refractivity contribution in [3.8, 4) is 0 Å². The summed E-state index contributed by atoms with van der Waals surface area (Å²) in [6.07, 6.45) is 4.12. The fourth-order valence-corrected chi connectivity index (χ4v) is 6.52. The van der Waals surface area contributed by atoms with Gasteiger partial charge in [0.25, 0.3) is 11.8 Å². The molecule has 2 saturated heterocycles. The number of Topliss-reactive ketones (excluding diaryl/α,β-unsaturated/α-hetero) is 1. The molecule has 1 aromatic carbocycles. The van der Waals surface area contributed by atoms with Gasteiger partial charge in [-0.05, 0) is 69.9 Å². The lowest BCUT2D eigenvalue weighted by Gasteiger charge is -2.30. The van der Waals surface area contributed by atoms with Gasteiger partial charge in [-0.1, -0.05) is 24.6 Å². The number of nitrogens with zero attached hydrogens (tertiary/aromatic N) is 1. The lowest BCUT2D eigenvalue weighted by molar-refractivity contribution is -0.141. The fraction of sp³-hybridized carbons (Fsp3) is 0.552. The van der Waals surface area contributed by atoms with Crippen molar-refractivity contribution in [2.75, 3.05) is 13.1 Å². The highest BCUT2D eigenvalue weighted by Gasteiger charge is 2.50. The number of rotatable bonds is 8. The van der Waals surface area contributed by atoms with Crippen LogP contribution in [0.25, 0.3) is 10.9 Å². The fourth-order valence-electron chi connectivity index (χ4n) is 6.52. The Bertz CT molecular complexity index is 1250. The zero-order valence-electron chi connectivity index (χ0n) is 22.5. The monoisotopic (exact) mass is 535 g/mol. The molecule has 4 amide bonds. The van der Waals surface area contributed by atoms with Crippen molar-refractivity contribution >= 4 is 40.3 Å². The van der Waals surface area contributed by atoms with Gasteiger partial charge >= 0.3 is 0 Å². The summed E-state index contributed by atoms with van der Waals surface area (Å²) in [5, 5.41) is 9.15. The lowest BCUT2D eigenvalue weighted by Crippen LogP contribution is -2.56. The summed E-state index contributed by atoms with van der Waals surface area (Å²) in [6, 6.07) is 7.25. The molecule has 10 heteroatoms. The van der Waals surface area contributed by atoms with Crippen LogP contribution in [0.3, 0.4) is 0 Å². The summed E-state index contributed by atoms with van der Waals surface area (Å²) in [5.41, 5.74) is 1.26. The van der Waals surface area contributed by atoms with E-state index in [4.69, 9.17) is 0 Å². The Labute approximate surface area is 227 Å². The highest BCUT2D eigenvalue weighted by Crippen LogP contribution is 2.43. The first-order valence-electron chi connectivity index (χ1n) is 14.0. The number of aromatic amines is 1. The molecule has 1 aromatic heterocycles. The normalized spacial score (nSPS) is 25.3. The molecule has 4 N–H and O–H groups in total. The van der Waals surface area contributed by atoms with Crippen LogP contribution in [-0.4, -0.2) is 70.5 Å². The van der Waals surface area contributed by atoms with Crippen molar-refractivity contribution in [3.63, 3.8) is 0 Å². The van der Waals surface area contributed by atoms with Gasteiger partial charge in [-0.25, -0.2) is 0 Å². The van der Waals surface area contributed by atoms with Crippen molar-refractivity contribution in [2.24, 2.45) is 17.8 Å². The summed E-state index contributed by atoms with van der Waals surface area (Å²) in [7, 11) is 0. The maximum Gasteiger partial charge on any atom is 0.289 e. The Morgan fingerprint density at radius 3 is 2.59 bits per heavy atom. The Balaban J connectivity index is 1.39. The van der Waals surface area contributed by atoms with Gasteiger partial charge in [0, 0.05) is 36.0 Å². The van der Waals surface area contributed by atoms with Gasteiger partial charge in [0.05, 0.1) is 6.04 Å². The number of benzene rings is 1. The van der Waals surface area contributed by atoms with Crippen LogP contribution in [0.2, 0.25) is 0 Å². The minimum absolute atomic E-state index is 0.0171. The first-order valence-corrected chi connectivity index (χ1v) is 14.0. The van der Waals surface area contributed by atoms with Gasteiger partial charge in [0.15, 0.2) is 0 Å². The van der Waals surface area contributed by atoms with E-state index >= 15 is 0 Å². The molecule has 5 unspecified atom stereocenters. The summed E-state index contributed by atoms with van der Waals surface area (Å²) >= 11 is 0. The number of hydrogen-bond acceptors (Lipinski definition) is 5. The summed E-state index contributed by atoms with van der Waals surface area (Å²) < 4.78 is 0. The average Bonchev–Trinajstić information content (AvgIpc) is 3.62. The molecule has 208 valence electrons. The highest BCUT2D eigenvalue weighted by molar-refractivity contribution is 6.38. The first-order chi connectivity index (χ1) is 18.7. The molecule has 2 aromatic rings. The Morgan fingerprint density at radius 1 is 1.05 bits per heavy atom. The van der Waals surface area contributed by atoms with Gasteiger partial charge in [-0.3, -0.25) is 24.0 Å². The summed E-state index contributed by atoms with van der Waals surface area (Å²) in [5.74, 6) is -2.73. The minimum atomic E-state index is -1.16. The molecule has 3 heterocycles. The van der Waals surface area contributed by atoms with Crippen molar-refractivity contribution in [3.05, 3.63) is 36.0 Å². The van der Waals surface area contributed by atoms with Crippen molar-refractivity contribution in [1.82, 2.24) is 25.8 Å². The predicted octanol–water partition coefficient (Wildman–Crippen LogP) is 1.90. The maximum absolute atomic E-state index is 13.9. The Hall–Kier alpha value is -3.69. The minimum Gasteiger partial charge on any atom is -0.356 e. The van der Waals surface area contributed by atoms with E-state index in [1.807, 2.05) is 24.3 Å². The Kier molecular flexibility index (Phi) is 7.72. The molecule has 3 aliphatic rings. The lowest BCUT2D eigenvalue weighted by atomic mass is 9.89. The molecule has 10 nitrogen and oxygen atoms in total. The van der Waals surface area contributed by atoms with Crippen LogP contribution in [0.15, 0.2) is 30.3 Å². The van der Waals surface area contributed by atoms with Crippen molar-refractivity contribution in [1.29, 1.82) is 0 Å². The van der Waals surface area contributed by atoms with E-state index in [9.17, 15) is 24.0 Å². The van der Waals surface area contributed by atoms with Crippen LogP contribution in [0.5, 0.6) is 0 Å². The van der Waals surface area contributed by atoms with E-state index in [0.29, 0.717) is 25.2 Å². The standard InChI is InChI=1S/C29H37N5O5/c1-16(2)31-28(38)25(35)22(14-18-9-6-12-30-26(18)36)33-27(37)24-20-10-5-8-19(20)15-34(24)29(39)23-13-17-7-3-4-11-21(17)32-23/h3-4,7,11,13,16,18-20,22,24,32H,5-6,8-10,12,14-15H2,1-2H3,(H,30,36)(H,31,38)(H,33,37). The number of aromatic nitrogens is 1. The molecule has 3 fully saturated rings. The molecule has 1 saturated carbocycles. The van der Waals surface area contributed by atoms with Gasteiger partial charge in [-0.2, -0.15) is 0 Å². The number of nitrogens with one attached hydrogen (secondary N) is 4. The van der Waals surface area contributed by atoms with Gasteiger partial charge < -0.3 is 25.8 Å². The molecule has 0 bridgehead atoms. The molecule has 1 aliphatic carbocycles. The van der Waals surface area contributed by atoms with Crippen LogP contribution in [0.1, 0.15) is 62.9 Å². The number of ketones is 1. The number of piperidine rings is 1. The van der Waals surface area contributed by atoms with Crippen LogP contribution in [0.4, 0.5) is 0 Å². The van der Waals surface area contributed by atoms with Crippen LogP contribution >= 0.6 is 0 Å². The number of H-pyrrole nitrogens is 1. The van der Waals surface area contributed by atoms with Crippen molar-refractivity contribution < 1.29 is 24.0 Å². The topological polar surface area (TPSA) is 140 Å². The number of fused-ring (bicyclic) bond motifs is 2. The van der Waals surface area contributed by atoms with E-state index in [1.54, 1.807) is 24.8 Å². The van der Waals surface area contributed by atoms with E-state index in [-0.39, 0.29) is 36.1 Å². The van der Waals surface area contributed by atoms with E-state index in [2.05, 4.69) is 20.9 Å². The SMILES string of the molecule is CC(C)NC(=O)C(=O)C(CC1CCCNC1=O)NC(=O)C1C2CCCC2CN1C(=O)c1cc2ccccc2[nH]1. The molecule has 5 atom stereocenters. The molecule has 0 radical (unpaired) electrons. The highest BCUT2D eigenvalue weighted by atomic mass is 16.2. The van der Waals surface area contributed by atoms with Crippen LogP contribution in [-0.2, 0) is 19.2 Å². The van der Waals surface area contributed by atoms with Crippen molar-refractivity contribution in [2.45, 2.75) is 70.5 Å². The smallest absolute Gasteiger partial charge is 0.289 e. The quantitative estimate of drug-likeness (QED) is 0.382. The zero-order chi connectivity index (χ0) is 27.7. The van der Waals surface area contributed by atoms with Gasteiger partial charge in [-0.15, -0.1) is 0 Å². The molecule has 39 heavy (non-hydrogen) atoms. The third-order valence-corrected chi connectivity index (χ3v) is 8.38. The summed E-state index contributed by atoms with van der Waals surface area (Å²) in [6.45, 7) is 4.54. The number of hydrogen-bond donors (Lipinski definition) is 4. The number of amides is 4. The van der Waals surface area contributed by atoms with E-state index < -0.39 is 35.6 Å². The molecule has 0 spiro atoms. The number of likely N-dealkylation sites (tertiary alicyclic amines) is 1. The third kappa shape index (κ3) is 5.55.